The summed E-state index contributed by atoms with van der Waals surface area (Å²) >= 11 is 7.41. The highest BCUT2D eigenvalue weighted by Crippen LogP contribution is 2.30. The molecule has 4 aromatic rings. The minimum absolute atomic E-state index is 0.0499. The van der Waals surface area contributed by atoms with Gasteiger partial charge in [-0.15, -0.1) is 0 Å². The number of carbonyl (C=O) groups excluding carboxylic acids is 1. The summed E-state index contributed by atoms with van der Waals surface area (Å²) in [5.41, 5.74) is 3.47. The fraction of sp³-hybridized carbons (Fsp3) is 0.217. The summed E-state index contributed by atoms with van der Waals surface area (Å²) in [4.78, 5) is 17.4. The van der Waals surface area contributed by atoms with E-state index in [0.717, 1.165) is 16.9 Å². The van der Waals surface area contributed by atoms with Crippen LogP contribution >= 0.6 is 23.4 Å². The monoisotopic (exact) mass is 498 g/mol. The molecule has 0 fully saturated rings. The number of anilines is 1. The molecule has 9 nitrogen and oxygen atoms in total. The second-order valence-electron chi connectivity index (χ2n) is 7.46. The molecule has 0 saturated carbocycles. The van der Waals surface area contributed by atoms with Crippen molar-refractivity contribution in [3.8, 4) is 17.2 Å². The SMILES string of the molecule is COc1ccc(OC)c(NC(=O)CSc2nc3n[nH]c(C)c3c(=N)n2-c2ccc(Cl)c(C)c2)c1. The van der Waals surface area contributed by atoms with Crippen molar-refractivity contribution in [2.45, 2.75) is 19.0 Å². The van der Waals surface area contributed by atoms with Crippen LogP contribution in [0.15, 0.2) is 41.6 Å². The average molecular weight is 499 g/mol. The molecule has 0 radical (unpaired) electrons. The maximum absolute atomic E-state index is 12.8. The zero-order chi connectivity index (χ0) is 24.4. The van der Waals surface area contributed by atoms with E-state index in [4.69, 9.17) is 26.5 Å². The quantitative estimate of drug-likeness (QED) is 0.259. The average Bonchev–Trinajstić information content (AvgIpc) is 3.20. The number of hydrogen-bond acceptors (Lipinski definition) is 7. The molecule has 2 aromatic carbocycles. The van der Waals surface area contributed by atoms with Gasteiger partial charge in [0, 0.05) is 22.5 Å². The van der Waals surface area contributed by atoms with Gasteiger partial charge in [-0.3, -0.25) is 19.9 Å². The lowest BCUT2D eigenvalue weighted by atomic mass is 10.2. The summed E-state index contributed by atoms with van der Waals surface area (Å²) in [6.07, 6.45) is 0. The summed E-state index contributed by atoms with van der Waals surface area (Å²) in [6.45, 7) is 3.74. The highest BCUT2D eigenvalue weighted by atomic mass is 35.5. The van der Waals surface area contributed by atoms with Crippen molar-refractivity contribution in [1.82, 2.24) is 19.7 Å². The van der Waals surface area contributed by atoms with Crippen molar-refractivity contribution in [1.29, 1.82) is 5.41 Å². The Morgan fingerprint density at radius 1 is 1.21 bits per heavy atom. The Morgan fingerprint density at radius 3 is 2.71 bits per heavy atom. The predicted molar refractivity (Wildman–Crippen MR) is 132 cm³/mol. The molecule has 0 aliphatic carbocycles. The lowest BCUT2D eigenvalue weighted by molar-refractivity contribution is -0.113. The molecule has 0 saturated heterocycles. The second kappa shape index (κ2) is 9.78. The van der Waals surface area contributed by atoms with Crippen LogP contribution in [0.25, 0.3) is 16.7 Å². The lowest BCUT2D eigenvalue weighted by Crippen LogP contribution is -2.23. The predicted octanol–water partition coefficient (Wildman–Crippen LogP) is 4.25. The third-order valence-electron chi connectivity index (χ3n) is 5.19. The number of fused-ring (bicyclic) bond motifs is 1. The topological polar surface area (TPSA) is 118 Å². The fourth-order valence-corrected chi connectivity index (χ4v) is 4.39. The molecule has 1 amide bonds. The molecule has 2 heterocycles. The summed E-state index contributed by atoms with van der Waals surface area (Å²) < 4.78 is 12.3. The number of halogens is 1. The molecule has 4 rings (SSSR count). The van der Waals surface area contributed by atoms with Gasteiger partial charge in [0.05, 0.1) is 31.0 Å². The van der Waals surface area contributed by atoms with Crippen LogP contribution in [0, 0.1) is 19.3 Å². The van der Waals surface area contributed by atoms with Crippen LogP contribution in [0.1, 0.15) is 11.3 Å². The van der Waals surface area contributed by atoms with E-state index in [1.54, 1.807) is 35.9 Å². The van der Waals surface area contributed by atoms with Crippen molar-refractivity contribution in [3.05, 3.63) is 58.2 Å². The van der Waals surface area contributed by atoms with Crippen molar-refractivity contribution >= 4 is 46.0 Å². The lowest BCUT2D eigenvalue weighted by Gasteiger charge is -2.15. The molecule has 11 heteroatoms. The number of thioether (sulfide) groups is 1. The van der Waals surface area contributed by atoms with Gasteiger partial charge in [-0.25, -0.2) is 4.98 Å². The zero-order valence-corrected chi connectivity index (χ0v) is 20.6. The number of methoxy groups -OCH3 is 2. The fourth-order valence-electron chi connectivity index (χ4n) is 3.46. The van der Waals surface area contributed by atoms with Gasteiger partial charge in [-0.05, 0) is 49.7 Å². The Labute approximate surface area is 205 Å². The summed E-state index contributed by atoms with van der Waals surface area (Å²) in [5, 5.41) is 20.5. The van der Waals surface area contributed by atoms with E-state index < -0.39 is 0 Å². The first-order valence-electron chi connectivity index (χ1n) is 10.3. The highest BCUT2D eigenvalue weighted by Gasteiger charge is 2.17. The summed E-state index contributed by atoms with van der Waals surface area (Å²) in [6, 6.07) is 10.6. The molecule has 0 unspecified atom stereocenters. The van der Waals surface area contributed by atoms with Crippen LogP contribution in [0.5, 0.6) is 11.5 Å². The number of benzene rings is 2. The number of nitrogens with zero attached hydrogens (tertiary/aromatic N) is 3. The van der Waals surface area contributed by atoms with E-state index in [9.17, 15) is 4.79 Å². The molecular formula is C23H23ClN6O3S. The Bertz CT molecular complexity index is 1450. The number of H-pyrrole nitrogens is 1. The molecule has 0 atom stereocenters. The number of amides is 1. The van der Waals surface area contributed by atoms with E-state index in [1.807, 2.05) is 26.0 Å². The van der Waals surface area contributed by atoms with Crippen molar-refractivity contribution < 1.29 is 14.3 Å². The number of ether oxygens (including phenoxy) is 2. The van der Waals surface area contributed by atoms with Gasteiger partial charge in [0.1, 0.15) is 17.0 Å². The zero-order valence-electron chi connectivity index (χ0n) is 19.0. The summed E-state index contributed by atoms with van der Waals surface area (Å²) in [5.74, 6) is 0.904. The normalized spacial score (nSPS) is 11.0. The number of rotatable bonds is 7. The van der Waals surface area contributed by atoms with Gasteiger partial charge in [0.2, 0.25) is 5.91 Å². The minimum Gasteiger partial charge on any atom is -0.497 e. The number of nitrogens with one attached hydrogen (secondary N) is 3. The number of aromatic nitrogens is 4. The Balaban J connectivity index is 1.67. The standard InChI is InChI=1S/C23H23ClN6O3S/c1-12-9-14(5-7-16(12)24)30-21(25)20-13(2)28-29-22(20)27-23(30)34-11-19(31)26-17-10-15(32-3)6-8-18(17)33-4/h5-10,25H,11H2,1-4H3,(H,26,31)(H,28,29). The van der Waals surface area contributed by atoms with E-state index in [1.165, 1.54) is 18.9 Å². The van der Waals surface area contributed by atoms with Crippen molar-refractivity contribution in [2.24, 2.45) is 0 Å². The molecule has 176 valence electrons. The summed E-state index contributed by atoms with van der Waals surface area (Å²) in [7, 11) is 3.08. The molecule has 34 heavy (non-hydrogen) atoms. The van der Waals surface area contributed by atoms with Crippen LogP contribution in [-0.4, -0.2) is 45.6 Å². The van der Waals surface area contributed by atoms with Crippen molar-refractivity contribution in [2.75, 3.05) is 25.3 Å². The van der Waals surface area contributed by atoms with Crippen LogP contribution in [0.3, 0.4) is 0 Å². The van der Waals surface area contributed by atoms with Crippen molar-refractivity contribution in [3.63, 3.8) is 0 Å². The first-order valence-corrected chi connectivity index (χ1v) is 11.6. The van der Waals surface area contributed by atoms with Gasteiger partial charge in [0.15, 0.2) is 10.8 Å². The smallest absolute Gasteiger partial charge is 0.234 e. The molecule has 2 aromatic heterocycles. The van der Waals surface area contributed by atoms with Gasteiger partial charge in [-0.1, -0.05) is 23.4 Å². The van der Waals surface area contributed by atoms with Crippen LogP contribution in [-0.2, 0) is 4.79 Å². The number of aryl methyl sites for hydroxylation is 2. The molecule has 0 spiro atoms. The first kappa shape index (κ1) is 23.7. The number of aromatic amines is 1. The largest absolute Gasteiger partial charge is 0.497 e. The second-order valence-corrected chi connectivity index (χ2v) is 8.81. The Kier molecular flexibility index (Phi) is 6.80. The highest BCUT2D eigenvalue weighted by molar-refractivity contribution is 7.99. The van der Waals surface area contributed by atoms with Gasteiger partial charge < -0.3 is 14.8 Å². The minimum atomic E-state index is -0.262. The molecule has 3 N–H and O–H groups in total. The van der Waals surface area contributed by atoms with Crippen LogP contribution in [0.2, 0.25) is 5.02 Å². The maximum Gasteiger partial charge on any atom is 0.234 e. The van der Waals surface area contributed by atoms with E-state index in [2.05, 4.69) is 20.5 Å². The number of hydrogen-bond donors (Lipinski definition) is 3. The maximum atomic E-state index is 12.8. The van der Waals surface area contributed by atoms with Crippen LogP contribution < -0.4 is 20.3 Å². The van der Waals surface area contributed by atoms with E-state index in [-0.39, 0.29) is 17.1 Å². The number of carbonyl (C=O) groups is 1. The molecule has 0 aliphatic rings. The van der Waals surface area contributed by atoms with E-state index in [0.29, 0.717) is 38.4 Å². The molecule has 0 bridgehead atoms. The first-order chi connectivity index (χ1) is 16.3. The van der Waals surface area contributed by atoms with Crippen LogP contribution in [0.4, 0.5) is 5.69 Å². The Morgan fingerprint density at radius 2 is 2.00 bits per heavy atom. The van der Waals surface area contributed by atoms with E-state index >= 15 is 0 Å². The van der Waals surface area contributed by atoms with Gasteiger partial charge in [0.25, 0.3) is 0 Å². The third kappa shape index (κ3) is 4.59. The third-order valence-corrected chi connectivity index (χ3v) is 6.56. The molecule has 0 aliphatic heterocycles. The molecular weight excluding hydrogens is 476 g/mol. The van der Waals surface area contributed by atoms with Gasteiger partial charge >= 0.3 is 0 Å². The van der Waals surface area contributed by atoms with Gasteiger partial charge in [-0.2, -0.15) is 5.10 Å². The Hall–Kier alpha value is -3.50.